The molecule has 0 bridgehead atoms. The number of carbonyl (C=O) groups excluding carboxylic acids is 1. The number of rotatable bonds is 4. The Morgan fingerprint density at radius 3 is 2.62 bits per heavy atom. The minimum Gasteiger partial charge on any atom is -0.295 e. The van der Waals surface area contributed by atoms with Crippen LogP contribution in [0.2, 0.25) is 0 Å². The molecule has 3 nitrogen and oxygen atoms in total. The molecule has 0 aliphatic rings. The van der Waals surface area contributed by atoms with Gasteiger partial charge >= 0.3 is 0 Å². The number of nitrogens with zero attached hydrogens (tertiary/aromatic N) is 2. The van der Waals surface area contributed by atoms with Crippen molar-refractivity contribution in [2.75, 3.05) is 0 Å². The molecule has 0 N–H and O–H groups in total. The second-order valence-corrected chi connectivity index (χ2v) is 5.70. The maximum atomic E-state index is 11.3. The van der Waals surface area contributed by atoms with Gasteiger partial charge in [0.05, 0.1) is 10.7 Å². The molecule has 0 aliphatic heterocycles. The summed E-state index contributed by atoms with van der Waals surface area (Å²) in [5, 5.41) is 3.08. The van der Waals surface area contributed by atoms with Crippen LogP contribution >= 0.6 is 11.3 Å². The largest absolute Gasteiger partial charge is 0.295 e. The van der Waals surface area contributed by atoms with E-state index in [0.29, 0.717) is 0 Å². The lowest BCUT2D eigenvalue weighted by Gasteiger charge is -1.99. The average Bonchev–Trinajstić information content (AvgIpc) is 2.97. The van der Waals surface area contributed by atoms with E-state index in [4.69, 9.17) is 0 Å². The molecule has 0 spiro atoms. The highest BCUT2D eigenvalue weighted by molar-refractivity contribution is 7.10. The minimum atomic E-state index is 0.0793. The Hall–Kier alpha value is -2.33. The fourth-order valence-corrected chi connectivity index (χ4v) is 2.88. The van der Waals surface area contributed by atoms with Crippen LogP contribution < -0.4 is 0 Å². The molecular weight excluding hydrogens is 280 g/mol. The Morgan fingerprint density at radius 1 is 1.14 bits per heavy atom. The van der Waals surface area contributed by atoms with Crippen LogP contribution in [0.15, 0.2) is 54.0 Å². The Morgan fingerprint density at radius 2 is 1.95 bits per heavy atom. The third kappa shape index (κ3) is 3.23. The SMILES string of the molecule is CC(=O)c1ccc(-c2csc(Cc3ccccn3)n2)cc1. The lowest BCUT2D eigenvalue weighted by Crippen LogP contribution is -1.92. The van der Waals surface area contributed by atoms with E-state index < -0.39 is 0 Å². The van der Waals surface area contributed by atoms with Gasteiger partial charge in [0.1, 0.15) is 0 Å². The molecule has 0 fully saturated rings. The van der Waals surface area contributed by atoms with Crippen LogP contribution in [0.25, 0.3) is 11.3 Å². The molecule has 3 aromatic rings. The number of thiazole rings is 1. The van der Waals surface area contributed by atoms with Crippen molar-refractivity contribution < 1.29 is 4.79 Å². The standard InChI is InChI=1S/C17H14N2OS/c1-12(20)13-5-7-14(8-6-13)16-11-21-17(19-16)10-15-4-2-3-9-18-15/h2-9,11H,10H2,1H3. The highest BCUT2D eigenvalue weighted by Crippen LogP contribution is 2.23. The first kappa shape index (κ1) is 13.6. The first-order valence-corrected chi connectivity index (χ1v) is 7.56. The van der Waals surface area contributed by atoms with Gasteiger partial charge in [0.15, 0.2) is 5.78 Å². The van der Waals surface area contributed by atoms with Crippen LogP contribution in [-0.4, -0.2) is 15.8 Å². The quantitative estimate of drug-likeness (QED) is 0.683. The first-order valence-electron chi connectivity index (χ1n) is 6.68. The monoisotopic (exact) mass is 294 g/mol. The van der Waals surface area contributed by atoms with Gasteiger partial charge in [-0.15, -0.1) is 11.3 Å². The van der Waals surface area contributed by atoms with Crippen molar-refractivity contribution in [2.45, 2.75) is 13.3 Å². The summed E-state index contributed by atoms with van der Waals surface area (Å²) >= 11 is 1.63. The predicted octanol–water partition coefficient (Wildman–Crippen LogP) is 4.00. The summed E-state index contributed by atoms with van der Waals surface area (Å²) in [6, 6.07) is 13.5. The summed E-state index contributed by atoms with van der Waals surface area (Å²) in [6.45, 7) is 1.57. The zero-order valence-corrected chi connectivity index (χ0v) is 12.4. The number of ketones is 1. The van der Waals surface area contributed by atoms with E-state index in [1.54, 1.807) is 24.5 Å². The van der Waals surface area contributed by atoms with Crippen molar-refractivity contribution >= 4 is 17.1 Å². The van der Waals surface area contributed by atoms with E-state index in [2.05, 4.69) is 9.97 Å². The van der Waals surface area contributed by atoms with Gasteiger partial charge in [0.25, 0.3) is 0 Å². The Balaban J connectivity index is 1.80. The number of Topliss-reactive ketones (excluding diaryl/α,β-unsaturated/α-hetero) is 1. The number of pyridine rings is 1. The Kier molecular flexibility index (Phi) is 3.88. The second-order valence-electron chi connectivity index (χ2n) is 4.76. The number of aromatic nitrogens is 2. The molecule has 21 heavy (non-hydrogen) atoms. The molecule has 2 heterocycles. The molecule has 0 atom stereocenters. The summed E-state index contributed by atoms with van der Waals surface area (Å²) in [5.74, 6) is 0.0793. The maximum Gasteiger partial charge on any atom is 0.159 e. The number of hydrogen-bond donors (Lipinski definition) is 0. The minimum absolute atomic E-state index is 0.0793. The van der Waals surface area contributed by atoms with Crippen molar-refractivity contribution in [3.8, 4) is 11.3 Å². The van der Waals surface area contributed by atoms with Gasteiger partial charge < -0.3 is 0 Å². The molecule has 0 radical (unpaired) electrons. The topological polar surface area (TPSA) is 42.9 Å². The number of carbonyl (C=O) groups is 1. The zero-order valence-electron chi connectivity index (χ0n) is 11.6. The molecular formula is C17H14N2OS. The van der Waals surface area contributed by atoms with Crippen LogP contribution in [0, 0.1) is 0 Å². The van der Waals surface area contributed by atoms with E-state index in [9.17, 15) is 4.79 Å². The van der Waals surface area contributed by atoms with Crippen molar-refractivity contribution in [2.24, 2.45) is 0 Å². The number of benzene rings is 1. The molecule has 0 saturated heterocycles. The van der Waals surface area contributed by atoms with E-state index >= 15 is 0 Å². The summed E-state index contributed by atoms with van der Waals surface area (Å²) < 4.78 is 0. The molecule has 1 aromatic carbocycles. The zero-order chi connectivity index (χ0) is 14.7. The lowest BCUT2D eigenvalue weighted by atomic mass is 10.1. The van der Waals surface area contributed by atoms with Crippen molar-refractivity contribution in [3.05, 3.63) is 70.3 Å². The van der Waals surface area contributed by atoms with Crippen LogP contribution in [0.1, 0.15) is 28.0 Å². The second kappa shape index (κ2) is 5.97. The summed E-state index contributed by atoms with van der Waals surface area (Å²) in [7, 11) is 0. The molecule has 0 amide bonds. The summed E-state index contributed by atoms with van der Waals surface area (Å²) in [6.07, 6.45) is 2.54. The molecule has 104 valence electrons. The molecule has 4 heteroatoms. The van der Waals surface area contributed by atoms with Gasteiger partial charge in [-0.1, -0.05) is 30.3 Å². The van der Waals surface area contributed by atoms with Crippen molar-refractivity contribution in [3.63, 3.8) is 0 Å². The highest BCUT2D eigenvalue weighted by Gasteiger charge is 2.07. The highest BCUT2D eigenvalue weighted by atomic mass is 32.1. The molecule has 0 saturated carbocycles. The molecule has 2 aromatic heterocycles. The fourth-order valence-electron chi connectivity index (χ4n) is 2.06. The van der Waals surface area contributed by atoms with Gasteiger partial charge in [0, 0.05) is 34.8 Å². The van der Waals surface area contributed by atoms with Crippen LogP contribution in [0.3, 0.4) is 0 Å². The van der Waals surface area contributed by atoms with Crippen molar-refractivity contribution in [1.82, 2.24) is 9.97 Å². The summed E-state index contributed by atoms with van der Waals surface area (Å²) in [4.78, 5) is 20.2. The van der Waals surface area contributed by atoms with E-state index in [0.717, 1.165) is 33.9 Å². The fraction of sp³-hybridized carbons (Fsp3) is 0.118. The van der Waals surface area contributed by atoms with E-state index in [1.807, 2.05) is 47.8 Å². The smallest absolute Gasteiger partial charge is 0.159 e. The number of hydrogen-bond acceptors (Lipinski definition) is 4. The van der Waals surface area contributed by atoms with Gasteiger partial charge in [-0.25, -0.2) is 4.98 Å². The van der Waals surface area contributed by atoms with Crippen LogP contribution in [-0.2, 0) is 6.42 Å². The third-order valence-corrected chi connectivity index (χ3v) is 4.05. The first-order chi connectivity index (χ1) is 10.2. The summed E-state index contributed by atoms with van der Waals surface area (Å²) in [5.41, 5.74) is 3.72. The van der Waals surface area contributed by atoms with E-state index in [-0.39, 0.29) is 5.78 Å². The van der Waals surface area contributed by atoms with Gasteiger partial charge in [0.2, 0.25) is 0 Å². The normalized spacial score (nSPS) is 10.5. The third-order valence-electron chi connectivity index (χ3n) is 3.20. The maximum absolute atomic E-state index is 11.3. The Bertz CT molecular complexity index is 748. The van der Waals surface area contributed by atoms with Gasteiger partial charge in [-0.2, -0.15) is 0 Å². The van der Waals surface area contributed by atoms with Crippen molar-refractivity contribution in [1.29, 1.82) is 0 Å². The molecule has 0 aliphatic carbocycles. The van der Waals surface area contributed by atoms with Gasteiger partial charge in [-0.05, 0) is 19.1 Å². The average molecular weight is 294 g/mol. The van der Waals surface area contributed by atoms with Crippen LogP contribution in [0.4, 0.5) is 0 Å². The molecule has 0 unspecified atom stereocenters. The predicted molar refractivity (Wildman–Crippen MR) is 84.6 cm³/mol. The van der Waals surface area contributed by atoms with Crippen LogP contribution in [0.5, 0.6) is 0 Å². The molecule has 3 rings (SSSR count). The Labute approximate surface area is 127 Å². The van der Waals surface area contributed by atoms with E-state index in [1.165, 1.54) is 0 Å². The van der Waals surface area contributed by atoms with Gasteiger partial charge in [-0.3, -0.25) is 9.78 Å². The lowest BCUT2D eigenvalue weighted by molar-refractivity contribution is 0.101.